The largest absolute Gasteiger partial charge is 0.496 e. The van der Waals surface area contributed by atoms with Crippen molar-refractivity contribution in [2.75, 3.05) is 7.11 Å². The number of hydrogen-bond donors (Lipinski definition) is 1. The lowest BCUT2D eigenvalue weighted by atomic mass is 10.00. The monoisotopic (exact) mass is 217 g/mol. The van der Waals surface area contributed by atoms with Gasteiger partial charge < -0.3 is 4.74 Å². The van der Waals surface area contributed by atoms with Crippen LogP contribution in [0.2, 0.25) is 0 Å². The minimum Gasteiger partial charge on any atom is -0.496 e. The number of nitrogens with two attached hydrogens (primary N) is 1. The fourth-order valence-electron chi connectivity index (χ4n) is 1.94. The van der Waals surface area contributed by atoms with Crippen LogP contribution >= 0.6 is 0 Å². The minimum atomic E-state index is -0.193. The summed E-state index contributed by atoms with van der Waals surface area (Å²) in [5.41, 5.74) is 0.989. The third kappa shape index (κ3) is 1.75. The molecule has 0 aromatic heterocycles. The van der Waals surface area contributed by atoms with Gasteiger partial charge >= 0.3 is 0 Å². The molecule has 16 heavy (non-hydrogen) atoms. The van der Waals surface area contributed by atoms with Crippen LogP contribution in [0.25, 0.3) is 10.8 Å². The predicted octanol–water partition coefficient (Wildman–Crippen LogP) is 2.80. The van der Waals surface area contributed by atoms with E-state index < -0.39 is 0 Å². The van der Waals surface area contributed by atoms with Crippen LogP contribution in [-0.2, 0) is 4.84 Å². The van der Waals surface area contributed by atoms with E-state index in [1.54, 1.807) is 7.11 Å². The van der Waals surface area contributed by atoms with Crippen molar-refractivity contribution in [3.8, 4) is 5.75 Å². The molecule has 0 aliphatic heterocycles. The van der Waals surface area contributed by atoms with Crippen molar-refractivity contribution in [3.05, 3.63) is 42.0 Å². The van der Waals surface area contributed by atoms with Gasteiger partial charge in [0.15, 0.2) is 0 Å². The van der Waals surface area contributed by atoms with Crippen molar-refractivity contribution in [1.82, 2.24) is 0 Å². The number of benzene rings is 2. The number of rotatable bonds is 3. The first-order chi connectivity index (χ1) is 7.77. The van der Waals surface area contributed by atoms with E-state index in [1.807, 2.05) is 37.3 Å². The van der Waals surface area contributed by atoms with Gasteiger partial charge in [0, 0.05) is 5.56 Å². The summed E-state index contributed by atoms with van der Waals surface area (Å²) in [4.78, 5) is 4.91. The van der Waals surface area contributed by atoms with Gasteiger partial charge in [0.2, 0.25) is 0 Å². The number of methoxy groups -OCH3 is 1. The van der Waals surface area contributed by atoms with Crippen molar-refractivity contribution in [1.29, 1.82) is 0 Å². The highest BCUT2D eigenvalue weighted by atomic mass is 16.6. The van der Waals surface area contributed by atoms with Crippen molar-refractivity contribution >= 4 is 10.8 Å². The minimum absolute atomic E-state index is 0.193. The van der Waals surface area contributed by atoms with Crippen LogP contribution in [0.4, 0.5) is 0 Å². The molecule has 2 aromatic rings. The van der Waals surface area contributed by atoms with Gasteiger partial charge in [0.25, 0.3) is 0 Å². The summed E-state index contributed by atoms with van der Waals surface area (Å²) >= 11 is 0. The Balaban J connectivity index is 2.72. The Hall–Kier alpha value is -1.58. The third-order valence-corrected chi connectivity index (χ3v) is 2.76. The lowest BCUT2D eigenvalue weighted by Crippen LogP contribution is -2.07. The summed E-state index contributed by atoms with van der Waals surface area (Å²) in [6.07, 6.45) is -0.193. The molecule has 84 valence electrons. The molecule has 2 rings (SSSR count). The van der Waals surface area contributed by atoms with E-state index in [0.717, 1.165) is 22.1 Å². The van der Waals surface area contributed by atoms with Crippen molar-refractivity contribution < 1.29 is 9.57 Å². The highest BCUT2D eigenvalue weighted by Crippen LogP contribution is 2.33. The predicted molar refractivity (Wildman–Crippen MR) is 64.2 cm³/mol. The first-order valence-electron chi connectivity index (χ1n) is 5.19. The Morgan fingerprint density at radius 2 is 1.88 bits per heavy atom. The van der Waals surface area contributed by atoms with E-state index in [2.05, 4.69) is 6.07 Å². The fraction of sp³-hybridized carbons (Fsp3) is 0.231. The van der Waals surface area contributed by atoms with Crippen LogP contribution in [-0.4, -0.2) is 7.11 Å². The molecule has 1 atom stereocenters. The molecule has 0 saturated carbocycles. The Morgan fingerprint density at radius 3 is 2.56 bits per heavy atom. The zero-order valence-electron chi connectivity index (χ0n) is 9.44. The maximum absolute atomic E-state index is 5.34. The molecule has 0 amide bonds. The van der Waals surface area contributed by atoms with E-state index in [-0.39, 0.29) is 6.10 Å². The van der Waals surface area contributed by atoms with Crippen LogP contribution in [0.3, 0.4) is 0 Å². The number of hydrogen-bond acceptors (Lipinski definition) is 3. The molecule has 0 saturated heterocycles. The van der Waals surface area contributed by atoms with Crippen molar-refractivity contribution in [3.63, 3.8) is 0 Å². The van der Waals surface area contributed by atoms with Gasteiger partial charge in [-0.15, -0.1) is 0 Å². The fourth-order valence-corrected chi connectivity index (χ4v) is 1.94. The van der Waals surface area contributed by atoms with E-state index >= 15 is 0 Å². The zero-order chi connectivity index (χ0) is 11.5. The maximum Gasteiger partial charge on any atom is 0.125 e. The quantitative estimate of drug-likeness (QED) is 0.804. The first kappa shape index (κ1) is 10.9. The standard InChI is InChI=1S/C13H15NO2/c1-9(16-14)13-11-6-4-3-5-10(11)7-8-12(13)15-2/h3-9H,14H2,1-2H3. The van der Waals surface area contributed by atoms with Gasteiger partial charge in [-0.25, -0.2) is 5.90 Å². The Labute approximate surface area is 94.7 Å². The second kappa shape index (κ2) is 4.51. The normalized spacial score (nSPS) is 12.7. The van der Waals surface area contributed by atoms with E-state index in [9.17, 15) is 0 Å². The first-order valence-corrected chi connectivity index (χ1v) is 5.19. The Bertz CT molecular complexity index is 496. The molecule has 0 aliphatic carbocycles. The summed E-state index contributed by atoms with van der Waals surface area (Å²) in [5.74, 6) is 6.07. The second-order valence-corrected chi connectivity index (χ2v) is 3.68. The van der Waals surface area contributed by atoms with Crippen molar-refractivity contribution in [2.24, 2.45) is 5.90 Å². The molecule has 0 aliphatic rings. The summed E-state index contributed by atoms with van der Waals surface area (Å²) in [5, 5.41) is 2.27. The van der Waals surface area contributed by atoms with E-state index in [4.69, 9.17) is 15.5 Å². The third-order valence-electron chi connectivity index (χ3n) is 2.76. The lowest BCUT2D eigenvalue weighted by molar-refractivity contribution is 0.0656. The van der Waals surface area contributed by atoms with Crippen molar-refractivity contribution in [2.45, 2.75) is 13.0 Å². The van der Waals surface area contributed by atoms with Gasteiger partial charge in [-0.2, -0.15) is 0 Å². The smallest absolute Gasteiger partial charge is 0.125 e. The lowest BCUT2D eigenvalue weighted by Gasteiger charge is -2.16. The highest BCUT2D eigenvalue weighted by Gasteiger charge is 2.14. The SMILES string of the molecule is COc1ccc2ccccc2c1C(C)ON. The summed E-state index contributed by atoms with van der Waals surface area (Å²) < 4.78 is 5.34. The van der Waals surface area contributed by atoms with E-state index in [1.165, 1.54) is 0 Å². The highest BCUT2D eigenvalue weighted by molar-refractivity contribution is 5.88. The van der Waals surface area contributed by atoms with Gasteiger partial charge in [0.1, 0.15) is 11.9 Å². The number of ether oxygens (including phenoxy) is 1. The van der Waals surface area contributed by atoms with Crippen LogP contribution in [0.5, 0.6) is 5.75 Å². The Kier molecular flexibility index (Phi) is 3.08. The summed E-state index contributed by atoms with van der Waals surface area (Å²) in [6, 6.07) is 12.1. The molecule has 0 spiro atoms. The summed E-state index contributed by atoms with van der Waals surface area (Å²) in [6.45, 7) is 1.91. The Morgan fingerprint density at radius 1 is 1.12 bits per heavy atom. The molecule has 3 nitrogen and oxygen atoms in total. The van der Waals surface area contributed by atoms with E-state index in [0.29, 0.717) is 0 Å². The van der Waals surface area contributed by atoms with Gasteiger partial charge in [-0.05, 0) is 23.8 Å². The van der Waals surface area contributed by atoms with Crippen LogP contribution in [0.1, 0.15) is 18.6 Å². The van der Waals surface area contributed by atoms with Gasteiger partial charge in [-0.1, -0.05) is 30.3 Å². The average molecular weight is 217 g/mol. The summed E-state index contributed by atoms with van der Waals surface area (Å²) in [7, 11) is 1.65. The molecule has 0 heterocycles. The molecular formula is C13H15NO2. The molecule has 0 radical (unpaired) electrons. The molecule has 0 fully saturated rings. The van der Waals surface area contributed by atoms with Crippen LogP contribution < -0.4 is 10.6 Å². The average Bonchev–Trinajstić information content (AvgIpc) is 2.36. The second-order valence-electron chi connectivity index (χ2n) is 3.68. The van der Waals surface area contributed by atoms with Gasteiger partial charge in [0.05, 0.1) is 7.11 Å². The molecule has 2 aromatic carbocycles. The molecular weight excluding hydrogens is 202 g/mol. The molecule has 3 heteroatoms. The molecule has 0 bridgehead atoms. The molecule has 2 N–H and O–H groups in total. The zero-order valence-corrected chi connectivity index (χ0v) is 9.44. The maximum atomic E-state index is 5.34. The van der Waals surface area contributed by atoms with Crippen LogP contribution in [0, 0.1) is 0 Å². The topological polar surface area (TPSA) is 44.5 Å². The van der Waals surface area contributed by atoms with Crippen LogP contribution in [0.15, 0.2) is 36.4 Å². The molecule has 1 unspecified atom stereocenters. The van der Waals surface area contributed by atoms with Gasteiger partial charge in [-0.3, -0.25) is 4.84 Å². The number of fused-ring (bicyclic) bond motifs is 1.